The first-order valence-electron chi connectivity index (χ1n) is 6.93. The number of hydrogen-bond donors (Lipinski definition) is 0. The summed E-state index contributed by atoms with van der Waals surface area (Å²) in [6.45, 7) is 3.46. The Balaban J connectivity index is 2.09. The molecule has 0 bridgehead atoms. The Morgan fingerprint density at radius 2 is 1.90 bits per heavy atom. The molecule has 0 saturated heterocycles. The molecule has 2 aromatic rings. The minimum absolute atomic E-state index is 0.369. The topological polar surface area (TPSA) is 63.4 Å². The van der Waals surface area contributed by atoms with Gasteiger partial charge in [-0.2, -0.15) is 0 Å². The summed E-state index contributed by atoms with van der Waals surface area (Å²) in [7, 11) is -2.06. The van der Waals surface area contributed by atoms with Crippen LogP contribution in [0.15, 0.2) is 33.7 Å². The Hall–Kier alpha value is -1.82. The van der Waals surface area contributed by atoms with Gasteiger partial charge in [0.05, 0.1) is 4.90 Å². The third-order valence-corrected chi connectivity index (χ3v) is 5.72. The Morgan fingerprint density at radius 1 is 1.24 bits per heavy atom. The van der Waals surface area contributed by atoms with Crippen LogP contribution >= 0.6 is 0 Å². The lowest BCUT2D eigenvalue weighted by atomic mass is 10.1. The molecule has 0 radical (unpaired) electrons. The fourth-order valence-corrected chi connectivity index (χ4v) is 4.22. The number of benzene rings is 1. The van der Waals surface area contributed by atoms with Crippen LogP contribution in [0.25, 0.3) is 0 Å². The predicted molar refractivity (Wildman–Crippen MR) is 80.0 cm³/mol. The molecular formula is C15H18N2O3S. The van der Waals surface area contributed by atoms with Gasteiger partial charge in [0.2, 0.25) is 0 Å². The van der Waals surface area contributed by atoms with Crippen molar-refractivity contribution < 1.29 is 12.9 Å². The van der Waals surface area contributed by atoms with Gasteiger partial charge < -0.3 is 4.52 Å². The fraction of sp³-hybridized carbons (Fsp3) is 0.400. The molecule has 0 atom stereocenters. The summed E-state index contributed by atoms with van der Waals surface area (Å²) in [4.78, 5) is 0.384. The molecule has 1 aliphatic carbocycles. The zero-order chi connectivity index (χ0) is 15.2. The van der Waals surface area contributed by atoms with E-state index in [0.29, 0.717) is 28.0 Å². The van der Waals surface area contributed by atoms with E-state index in [1.54, 1.807) is 33.0 Å². The molecule has 112 valence electrons. The van der Waals surface area contributed by atoms with Gasteiger partial charge in [0.15, 0.2) is 5.76 Å². The summed E-state index contributed by atoms with van der Waals surface area (Å²) < 4.78 is 32.2. The Labute approximate surface area is 124 Å². The lowest BCUT2D eigenvalue weighted by Gasteiger charge is -2.20. The van der Waals surface area contributed by atoms with Crippen molar-refractivity contribution in [3.05, 3.63) is 41.3 Å². The van der Waals surface area contributed by atoms with Crippen LogP contribution in [0.3, 0.4) is 0 Å². The summed E-state index contributed by atoms with van der Waals surface area (Å²) in [6, 6.07) is 7.24. The molecule has 5 nitrogen and oxygen atoms in total. The highest BCUT2D eigenvalue weighted by molar-refractivity contribution is 7.92. The predicted octanol–water partition coefficient (Wildman–Crippen LogP) is 2.99. The Morgan fingerprint density at radius 3 is 2.48 bits per heavy atom. The zero-order valence-electron chi connectivity index (χ0n) is 12.3. The van der Waals surface area contributed by atoms with E-state index in [-0.39, 0.29) is 0 Å². The first-order chi connectivity index (χ1) is 9.93. The molecule has 21 heavy (non-hydrogen) atoms. The molecule has 1 aliphatic rings. The van der Waals surface area contributed by atoms with Crippen LogP contribution in [-0.4, -0.2) is 20.6 Å². The van der Waals surface area contributed by atoms with Crippen molar-refractivity contribution in [1.82, 2.24) is 5.16 Å². The van der Waals surface area contributed by atoms with Gasteiger partial charge in [-0.05, 0) is 44.2 Å². The van der Waals surface area contributed by atoms with E-state index in [4.69, 9.17) is 4.52 Å². The van der Waals surface area contributed by atoms with Crippen molar-refractivity contribution >= 4 is 15.7 Å². The third kappa shape index (κ3) is 2.33. The third-order valence-electron chi connectivity index (χ3n) is 3.89. The fourth-order valence-electron chi connectivity index (χ4n) is 2.64. The Kier molecular flexibility index (Phi) is 3.28. The first kappa shape index (κ1) is 14.1. The van der Waals surface area contributed by atoms with Crippen molar-refractivity contribution in [2.24, 2.45) is 0 Å². The van der Waals surface area contributed by atoms with Crippen LogP contribution < -0.4 is 4.31 Å². The second kappa shape index (κ2) is 4.87. The van der Waals surface area contributed by atoms with Gasteiger partial charge >= 0.3 is 0 Å². The van der Waals surface area contributed by atoms with Crippen LogP contribution in [0.4, 0.5) is 5.69 Å². The average Bonchev–Trinajstić information content (AvgIpc) is 3.25. The van der Waals surface area contributed by atoms with Crippen molar-refractivity contribution in [3.8, 4) is 0 Å². The van der Waals surface area contributed by atoms with E-state index < -0.39 is 10.0 Å². The quantitative estimate of drug-likeness (QED) is 0.871. The van der Waals surface area contributed by atoms with Crippen molar-refractivity contribution in [3.63, 3.8) is 0 Å². The van der Waals surface area contributed by atoms with Crippen molar-refractivity contribution in [2.75, 3.05) is 11.4 Å². The highest BCUT2D eigenvalue weighted by atomic mass is 32.2. The molecule has 1 heterocycles. The van der Waals surface area contributed by atoms with Gasteiger partial charge in [-0.1, -0.05) is 23.4 Å². The van der Waals surface area contributed by atoms with E-state index in [9.17, 15) is 8.42 Å². The standard InChI is InChI=1S/C15H18N2O3S/c1-10-15(11(2)20-16-10)17(3)21(18,19)14-7-5-4-6-13(14)12-8-9-12/h4-7,12H,8-9H2,1-3H3. The summed E-state index contributed by atoms with van der Waals surface area (Å²) in [5.41, 5.74) is 2.00. The van der Waals surface area contributed by atoms with Crippen molar-refractivity contribution in [1.29, 1.82) is 0 Å². The summed E-state index contributed by atoms with van der Waals surface area (Å²) in [5, 5.41) is 3.83. The van der Waals surface area contributed by atoms with Gasteiger partial charge in [-0.3, -0.25) is 4.31 Å². The van der Waals surface area contributed by atoms with Gasteiger partial charge in [-0.25, -0.2) is 8.42 Å². The first-order valence-corrected chi connectivity index (χ1v) is 8.37. The maximum atomic E-state index is 12.9. The van der Waals surface area contributed by atoms with E-state index >= 15 is 0 Å². The lowest BCUT2D eigenvalue weighted by Crippen LogP contribution is -2.28. The molecule has 1 fully saturated rings. The van der Waals surface area contributed by atoms with Crippen LogP contribution in [-0.2, 0) is 10.0 Å². The molecule has 1 aromatic carbocycles. The smallest absolute Gasteiger partial charge is 0.264 e. The van der Waals surface area contributed by atoms with Crippen LogP contribution in [0.5, 0.6) is 0 Å². The molecule has 1 saturated carbocycles. The maximum absolute atomic E-state index is 12.9. The maximum Gasteiger partial charge on any atom is 0.264 e. The number of anilines is 1. The molecule has 0 amide bonds. The van der Waals surface area contributed by atoms with Gasteiger partial charge in [0.25, 0.3) is 10.0 Å². The molecular weight excluding hydrogens is 288 g/mol. The van der Waals surface area contributed by atoms with Crippen LogP contribution in [0.2, 0.25) is 0 Å². The molecule has 0 spiro atoms. The van der Waals surface area contributed by atoms with Gasteiger partial charge in [0.1, 0.15) is 11.4 Å². The number of hydrogen-bond acceptors (Lipinski definition) is 4. The van der Waals surface area contributed by atoms with E-state index in [1.165, 1.54) is 4.31 Å². The van der Waals surface area contributed by atoms with E-state index in [2.05, 4.69) is 5.16 Å². The van der Waals surface area contributed by atoms with Crippen LogP contribution in [0, 0.1) is 13.8 Å². The summed E-state index contributed by atoms with van der Waals surface area (Å²) in [5.74, 6) is 0.872. The number of sulfonamides is 1. The Bertz CT molecular complexity index is 756. The lowest BCUT2D eigenvalue weighted by molar-refractivity contribution is 0.393. The second-order valence-electron chi connectivity index (χ2n) is 5.46. The molecule has 3 rings (SSSR count). The molecule has 0 aliphatic heterocycles. The summed E-state index contributed by atoms with van der Waals surface area (Å²) in [6.07, 6.45) is 2.11. The largest absolute Gasteiger partial charge is 0.359 e. The van der Waals surface area contributed by atoms with E-state index in [1.807, 2.05) is 12.1 Å². The number of nitrogens with zero attached hydrogens (tertiary/aromatic N) is 2. The SMILES string of the molecule is Cc1noc(C)c1N(C)S(=O)(=O)c1ccccc1C1CC1. The molecule has 0 unspecified atom stereocenters. The molecule has 1 aromatic heterocycles. The van der Waals surface area contributed by atoms with Gasteiger partial charge in [-0.15, -0.1) is 0 Å². The monoisotopic (exact) mass is 306 g/mol. The van der Waals surface area contributed by atoms with Crippen LogP contribution in [0.1, 0.15) is 35.8 Å². The highest BCUT2D eigenvalue weighted by Gasteiger charge is 2.33. The van der Waals surface area contributed by atoms with E-state index in [0.717, 1.165) is 18.4 Å². The van der Waals surface area contributed by atoms with Crippen molar-refractivity contribution in [2.45, 2.75) is 37.5 Å². The minimum Gasteiger partial charge on any atom is -0.359 e. The number of aryl methyl sites for hydroxylation is 2. The summed E-state index contributed by atoms with van der Waals surface area (Å²) >= 11 is 0. The number of aromatic nitrogens is 1. The normalized spacial score (nSPS) is 15.2. The molecule has 0 N–H and O–H groups in total. The average molecular weight is 306 g/mol. The second-order valence-corrected chi connectivity index (χ2v) is 7.40. The zero-order valence-corrected chi connectivity index (χ0v) is 13.1. The van der Waals surface area contributed by atoms with Gasteiger partial charge in [0, 0.05) is 7.05 Å². The molecule has 6 heteroatoms. The number of rotatable bonds is 4. The minimum atomic E-state index is -3.61. The highest BCUT2D eigenvalue weighted by Crippen LogP contribution is 2.43.